The second-order valence-corrected chi connectivity index (χ2v) is 6.00. The predicted molar refractivity (Wildman–Crippen MR) is 89.1 cm³/mol. The molecule has 1 amide bonds. The summed E-state index contributed by atoms with van der Waals surface area (Å²) in [5, 5.41) is 4.47. The fourth-order valence-electron chi connectivity index (χ4n) is 2.73. The van der Waals surface area contributed by atoms with Gasteiger partial charge in [-0.1, -0.05) is 13.8 Å². The predicted octanol–water partition coefficient (Wildman–Crippen LogP) is 1.56. The zero-order valence-electron chi connectivity index (χ0n) is 14.5. The molecule has 0 saturated heterocycles. The van der Waals surface area contributed by atoms with Crippen LogP contribution in [0, 0.1) is 0 Å². The van der Waals surface area contributed by atoms with Gasteiger partial charge < -0.3 is 4.90 Å². The molecule has 0 aromatic carbocycles. The summed E-state index contributed by atoms with van der Waals surface area (Å²) < 4.78 is 2.91. The van der Waals surface area contributed by atoms with E-state index in [0.717, 1.165) is 12.8 Å². The first-order valence-electron chi connectivity index (χ1n) is 8.08. The van der Waals surface area contributed by atoms with E-state index in [0.29, 0.717) is 11.0 Å². The van der Waals surface area contributed by atoms with Gasteiger partial charge in [0.1, 0.15) is 18.3 Å². The summed E-state index contributed by atoms with van der Waals surface area (Å²) in [6.07, 6.45) is 4.68. The fourth-order valence-corrected chi connectivity index (χ4v) is 2.73. The van der Waals surface area contributed by atoms with Crippen LogP contribution < -0.4 is 5.56 Å². The van der Waals surface area contributed by atoms with Gasteiger partial charge in [-0.15, -0.1) is 0 Å². The lowest BCUT2D eigenvalue weighted by molar-refractivity contribution is -0.136. The highest BCUT2D eigenvalue weighted by Gasteiger charge is 2.24. The van der Waals surface area contributed by atoms with E-state index in [-0.39, 0.29) is 30.1 Å². The monoisotopic (exact) mass is 319 g/mol. The minimum atomic E-state index is -0.232. The van der Waals surface area contributed by atoms with E-state index in [1.807, 2.05) is 18.7 Å². The molecule has 0 unspecified atom stereocenters. The van der Waals surface area contributed by atoms with Crippen LogP contribution in [0.5, 0.6) is 0 Å². The van der Waals surface area contributed by atoms with Gasteiger partial charge in [0.15, 0.2) is 5.65 Å². The van der Waals surface area contributed by atoms with Gasteiger partial charge in [-0.25, -0.2) is 4.98 Å². The van der Waals surface area contributed by atoms with Crippen molar-refractivity contribution < 1.29 is 4.79 Å². The van der Waals surface area contributed by atoms with E-state index in [1.165, 1.54) is 17.1 Å². The number of amides is 1. The summed E-state index contributed by atoms with van der Waals surface area (Å²) in [6, 6.07) is 0.284. The smallest absolute Gasteiger partial charge is 0.264 e. The summed E-state index contributed by atoms with van der Waals surface area (Å²) in [7, 11) is 1.73. The molecule has 0 radical (unpaired) electrons. The molecule has 126 valence electrons. The third-order valence-corrected chi connectivity index (χ3v) is 4.44. The second-order valence-electron chi connectivity index (χ2n) is 6.00. The first-order valence-corrected chi connectivity index (χ1v) is 8.08. The minimum Gasteiger partial charge on any atom is -0.336 e. The SMILES string of the molecule is CC[C@@H](C)N(C(=O)Cn1cnc2c(cnn2C)c1=O)[C@@H](C)CC. The lowest BCUT2D eigenvalue weighted by Crippen LogP contribution is -2.46. The van der Waals surface area contributed by atoms with Gasteiger partial charge >= 0.3 is 0 Å². The van der Waals surface area contributed by atoms with Crippen molar-refractivity contribution in [3.63, 3.8) is 0 Å². The maximum Gasteiger partial charge on any atom is 0.264 e. The molecule has 0 fully saturated rings. The van der Waals surface area contributed by atoms with E-state index in [2.05, 4.69) is 23.9 Å². The van der Waals surface area contributed by atoms with Crippen molar-refractivity contribution in [2.24, 2.45) is 7.05 Å². The number of hydrogen-bond acceptors (Lipinski definition) is 4. The quantitative estimate of drug-likeness (QED) is 0.810. The van der Waals surface area contributed by atoms with E-state index in [1.54, 1.807) is 11.7 Å². The van der Waals surface area contributed by atoms with Crippen LogP contribution in [0.3, 0.4) is 0 Å². The molecular weight excluding hydrogens is 294 g/mol. The topological polar surface area (TPSA) is 73.0 Å². The van der Waals surface area contributed by atoms with Crippen molar-refractivity contribution in [2.75, 3.05) is 0 Å². The highest BCUT2D eigenvalue weighted by molar-refractivity contribution is 5.77. The van der Waals surface area contributed by atoms with Gasteiger partial charge in [0.25, 0.3) is 5.56 Å². The molecule has 0 N–H and O–H groups in total. The number of carbonyl (C=O) groups excluding carboxylic acids is 1. The molecule has 23 heavy (non-hydrogen) atoms. The number of aromatic nitrogens is 4. The van der Waals surface area contributed by atoms with Gasteiger partial charge in [0, 0.05) is 19.1 Å². The van der Waals surface area contributed by atoms with Crippen LogP contribution >= 0.6 is 0 Å². The largest absolute Gasteiger partial charge is 0.336 e. The molecule has 0 spiro atoms. The zero-order chi connectivity index (χ0) is 17.1. The van der Waals surface area contributed by atoms with E-state index < -0.39 is 0 Å². The van der Waals surface area contributed by atoms with Crippen molar-refractivity contribution in [1.29, 1.82) is 0 Å². The zero-order valence-corrected chi connectivity index (χ0v) is 14.5. The second kappa shape index (κ2) is 6.93. The van der Waals surface area contributed by atoms with Gasteiger partial charge in [0.2, 0.25) is 5.91 Å². The normalized spacial score (nSPS) is 14.0. The maximum atomic E-state index is 12.7. The average molecular weight is 319 g/mol. The van der Waals surface area contributed by atoms with Gasteiger partial charge in [-0.3, -0.25) is 18.8 Å². The third-order valence-electron chi connectivity index (χ3n) is 4.44. The van der Waals surface area contributed by atoms with Crippen LogP contribution in [0.2, 0.25) is 0 Å². The molecule has 2 rings (SSSR count). The molecule has 0 bridgehead atoms. The molecule has 2 aromatic rings. The molecule has 2 heterocycles. The Hall–Kier alpha value is -2.18. The fraction of sp³-hybridized carbons (Fsp3) is 0.625. The van der Waals surface area contributed by atoms with Crippen molar-refractivity contribution in [1.82, 2.24) is 24.2 Å². The summed E-state index contributed by atoms with van der Waals surface area (Å²) in [6.45, 7) is 8.20. The van der Waals surface area contributed by atoms with E-state index in [9.17, 15) is 9.59 Å². The average Bonchev–Trinajstić information content (AvgIpc) is 2.91. The van der Waals surface area contributed by atoms with Crippen LogP contribution in [0.25, 0.3) is 11.0 Å². The molecule has 0 aliphatic heterocycles. The highest BCUT2D eigenvalue weighted by Crippen LogP contribution is 2.13. The number of rotatable bonds is 6. The Morgan fingerprint density at radius 3 is 2.43 bits per heavy atom. The molecule has 7 nitrogen and oxygen atoms in total. The number of hydrogen-bond donors (Lipinski definition) is 0. The van der Waals surface area contributed by atoms with Crippen LogP contribution in [0.15, 0.2) is 17.3 Å². The summed E-state index contributed by atoms with van der Waals surface area (Å²) in [4.78, 5) is 31.3. The van der Waals surface area contributed by atoms with Crippen molar-refractivity contribution in [2.45, 2.75) is 59.2 Å². The van der Waals surface area contributed by atoms with Gasteiger partial charge in [-0.05, 0) is 26.7 Å². The van der Waals surface area contributed by atoms with Crippen molar-refractivity contribution in [3.8, 4) is 0 Å². The van der Waals surface area contributed by atoms with Crippen molar-refractivity contribution >= 4 is 16.9 Å². The van der Waals surface area contributed by atoms with Crippen LogP contribution in [0.4, 0.5) is 0 Å². The third kappa shape index (κ3) is 3.28. The Morgan fingerprint density at radius 1 is 1.26 bits per heavy atom. The number of aryl methyl sites for hydroxylation is 1. The number of carbonyl (C=O) groups is 1. The Kier molecular flexibility index (Phi) is 5.18. The molecule has 0 aliphatic rings. The first-order chi connectivity index (χ1) is 10.9. The molecule has 0 aliphatic carbocycles. The first kappa shape index (κ1) is 17.2. The highest BCUT2D eigenvalue weighted by atomic mass is 16.2. The van der Waals surface area contributed by atoms with Crippen LogP contribution in [0.1, 0.15) is 40.5 Å². The lowest BCUT2D eigenvalue weighted by atomic mass is 10.1. The van der Waals surface area contributed by atoms with Crippen LogP contribution in [-0.2, 0) is 18.4 Å². The maximum absolute atomic E-state index is 12.7. The number of fused-ring (bicyclic) bond motifs is 1. The summed E-state index contributed by atoms with van der Waals surface area (Å²) in [5.41, 5.74) is 0.295. The summed E-state index contributed by atoms with van der Waals surface area (Å²) >= 11 is 0. The minimum absolute atomic E-state index is 0.00531. The van der Waals surface area contributed by atoms with Crippen molar-refractivity contribution in [3.05, 3.63) is 22.9 Å². The van der Waals surface area contributed by atoms with Crippen LogP contribution in [-0.4, -0.2) is 42.2 Å². The molecule has 2 aromatic heterocycles. The molecular formula is C16H25N5O2. The summed E-state index contributed by atoms with van der Waals surface area (Å²) in [5.74, 6) is -0.0548. The van der Waals surface area contributed by atoms with E-state index in [4.69, 9.17) is 0 Å². The Labute approximate surface area is 135 Å². The Morgan fingerprint density at radius 2 is 1.87 bits per heavy atom. The van der Waals surface area contributed by atoms with E-state index >= 15 is 0 Å². The lowest BCUT2D eigenvalue weighted by Gasteiger charge is -2.34. The number of nitrogens with zero attached hydrogens (tertiary/aromatic N) is 5. The Balaban J connectivity index is 2.31. The standard InChI is InChI=1S/C16H25N5O2/c1-6-11(3)21(12(4)7-2)14(22)9-20-10-17-15-13(16(20)23)8-18-19(15)5/h8,10-12H,6-7,9H2,1-5H3/t11-,12+. The van der Waals surface area contributed by atoms with Gasteiger partial charge in [0.05, 0.1) is 6.20 Å². The molecule has 0 saturated carbocycles. The Bertz CT molecular complexity index is 738. The molecule has 7 heteroatoms. The molecule has 2 atom stereocenters. The van der Waals surface area contributed by atoms with Gasteiger partial charge in [-0.2, -0.15) is 5.10 Å².